The zero-order valence-electron chi connectivity index (χ0n) is 15.6. The highest BCUT2D eigenvalue weighted by Gasteiger charge is 2.06. The van der Waals surface area contributed by atoms with Crippen molar-refractivity contribution < 1.29 is 0 Å². The Bertz CT molecular complexity index is 1020. The molecular formula is C21H22N6. The second-order valence-corrected chi connectivity index (χ2v) is 6.83. The Labute approximate surface area is 158 Å². The second kappa shape index (κ2) is 7.53. The largest absolute Gasteiger partial charge is 0.347 e. The van der Waals surface area contributed by atoms with Gasteiger partial charge in [0.05, 0.1) is 0 Å². The van der Waals surface area contributed by atoms with Crippen molar-refractivity contribution >= 4 is 17.0 Å². The number of aromatic amines is 1. The van der Waals surface area contributed by atoms with Crippen LogP contribution in [0.4, 0.5) is 5.95 Å². The Morgan fingerprint density at radius 3 is 2.44 bits per heavy atom. The molecule has 0 fully saturated rings. The summed E-state index contributed by atoms with van der Waals surface area (Å²) in [7, 11) is 3.88. The average Bonchev–Trinajstić information content (AvgIpc) is 3.11. The molecule has 0 aliphatic rings. The zero-order chi connectivity index (χ0) is 18.6. The van der Waals surface area contributed by atoms with Crippen molar-refractivity contribution in [3.63, 3.8) is 0 Å². The highest BCUT2D eigenvalue weighted by atomic mass is 15.2. The minimum atomic E-state index is 0.730. The zero-order valence-corrected chi connectivity index (χ0v) is 15.6. The predicted octanol–water partition coefficient (Wildman–Crippen LogP) is 3.19. The Kier molecular flexibility index (Phi) is 4.78. The molecule has 0 bridgehead atoms. The summed E-state index contributed by atoms with van der Waals surface area (Å²) in [6, 6.07) is 8.33. The Balaban J connectivity index is 1.38. The maximum absolute atomic E-state index is 4.63. The number of pyridine rings is 2. The number of fused-ring (bicyclic) bond motifs is 1. The minimum absolute atomic E-state index is 0.730. The maximum atomic E-state index is 4.63. The third-order valence-corrected chi connectivity index (χ3v) is 4.58. The number of aromatic nitrogens is 5. The van der Waals surface area contributed by atoms with Crippen LogP contribution in [-0.4, -0.2) is 39.0 Å². The molecule has 0 saturated heterocycles. The molecule has 4 heterocycles. The summed E-state index contributed by atoms with van der Waals surface area (Å²) in [6.07, 6.45) is 12.2. The first-order valence-corrected chi connectivity index (χ1v) is 9.02. The number of rotatable bonds is 6. The van der Waals surface area contributed by atoms with Crippen LogP contribution in [0.5, 0.6) is 0 Å². The van der Waals surface area contributed by atoms with Gasteiger partial charge in [-0.15, -0.1) is 0 Å². The van der Waals surface area contributed by atoms with Crippen LogP contribution in [0.15, 0.2) is 55.2 Å². The topological polar surface area (TPSA) is 70.6 Å². The first-order chi connectivity index (χ1) is 13.2. The summed E-state index contributed by atoms with van der Waals surface area (Å²) in [5, 5.41) is 1.17. The van der Waals surface area contributed by atoms with Gasteiger partial charge in [-0.25, -0.2) is 15.0 Å². The molecule has 0 aromatic carbocycles. The molecule has 6 heteroatoms. The van der Waals surface area contributed by atoms with Crippen molar-refractivity contribution in [3.8, 4) is 0 Å². The first-order valence-electron chi connectivity index (χ1n) is 9.02. The number of H-pyrrole nitrogens is 1. The van der Waals surface area contributed by atoms with Gasteiger partial charge in [0.2, 0.25) is 5.95 Å². The fourth-order valence-electron chi connectivity index (χ4n) is 3.07. The predicted molar refractivity (Wildman–Crippen MR) is 107 cm³/mol. The molecule has 6 nitrogen and oxygen atoms in total. The van der Waals surface area contributed by atoms with Gasteiger partial charge >= 0.3 is 0 Å². The van der Waals surface area contributed by atoms with Gasteiger partial charge < -0.3 is 9.88 Å². The van der Waals surface area contributed by atoms with E-state index < -0.39 is 0 Å². The molecule has 0 saturated carbocycles. The summed E-state index contributed by atoms with van der Waals surface area (Å²) < 4.78 is 0. The lowest BCUT2D eigenvalue weighted by Gasteiger charge is -2.09. The molecule has 0 spiro atoms. The van der Waals surface area contributed by atoms with Crippen LogP contribution in [0.1, 0.15) is 22.4 Å². The SMILES string of the molecule is CN(C)c1ncc(CCc2ccc(Cc3c[nH]c4ncccc34)cn2)cn1. The van der Waals surface area contributed by atoms with Crippen LogP contribution in [0, 0.1) is 0 Å². The van der Waals surface area contributed by atoms with Crippen LogP contribution >= 0.6 is 0 Å². The number of hydrogen-bond acceptors (Lipinski definition) is 5. The Morgan fingerprint density at radius 1 is 0.889 bits per heavy atom. The van der Waals surface area contributed by atoms with E-state index in [1.54, 1.807) is 6.20 Å². The molecule has 0 unspecified atom stereocenters. The fraction of sp³-hybridized carbons (Fsp3) is 0.238. The van der Waals surface area contributed by atoms with Crippen LogP contribution in [-0.2, 0) is 19.3 Å². The van der Waals surface area contributed by atoms with Crippen molar-refractivity contribution in [2.24, 2.45) is 0 Å². The molecule has 4 rings (SSSR count). The van der Waals surface area contributed by atoms with Crippen molar-refractivity contribution in [1.29, 1.82) is 0 Å². The number of aryl methyl sites for hydroxylation is 2. The van der Waals surface area contributed by atoms with Crippen molar-refractivity contribution in [2.45, 2.75) is 19.3 Å². The molecule has 0 aliphatic heterocycles. The number of nitrogens with one attached hydrogen (secondary N) is 1. The molecule has 4 aromatic rings. The van der Waals surface area contributed by atoms with Gasteiger partial charge in [-0.1, -0.05) is 6.07 Å². The molecule has 136 valence electrons. The Hall–Kier alpha value is -3.28. The van der Waals surface area contributed by atoms with Crippen LogP contribution < -0.4 is 4.90 Å². The number of nitrogens with zero attached hydrogens (tertiary/aromatic N) is 5. The van der Waals surface area contributed by atoms with Gasteiger partial charge in [-0.2, -0.15) is 0 Å². The lowest BCUT2D eigenvalue weighted by molar-refractivity contribution is 0.884. The van der Waals surface area contributed by atoms with E-state index in [2.05, 4.69) is 43.1 Å². The van der Waals surface area contributed by atoms with Crippen molar-refractivity contribution in [2.75, 3.05) is 19.0 Å². The average molecular weight is 358 g/mol. The quantitative estimate of drug-likeness (QED) is 0.573. The summed E-state index contributed by atoms with van der Waals surface area (Å²) in [5.41, 5.74) is 5.57. The van der Waals surface area contributed by atoms with E-state index in [1.807, 2.05) is 49.8 Å². The summed E-state index contributed by atoms with van der Waals surface area (Å²) in [4.78, 5) is 22.8. The molecule has 0 amide bonds. The number of anilines is 1. The third kappa shape index (κ3) is 3.95. The fourth-order valence-corrected chi connectivity index (χ4v) is 3.07. The van der Waals surface area contributed by atoms with Gasteiger partial charge in [0, 0.05) is 62.6 Å². The third-order valence-electron chi connectivity index (χ3n) is 4.58. The van der Waals surface area contributed by atoms with Gasteiger partial charge in [-0.05, 0) is 47.7 Å². The van der Waals surface area contributed by atoms with E-state index in [4.69, 9.17) is 0 Å². The van der Waals surface area contributed by atoms with Gasteiger partial charge in [0.15, 0.2) is 0 Å². The first kappa shape index (κ1) is 17.1. The monoisotopic (exact) mass is 358 g/mol. The van der Waals surface area contributed by atoms with E-state index in [9.17, 15) is 0 Å². The van der Waals surface area contributed by atoms with E-state index in [-0.39, 0.29) is 0 Å². The Morgan fingerprint density at radius 2 is 1.70 bits per heavy atom. The molecule has 0 radical (unpaired) electrons. The van der Waals surface area contributed by atoms with Gasteiger partial charge in [0.25, 0.3) is 0 Å². The van der Waals surface area contributed by atoms with Gasteiger partial charge in [0.1, 0.15) is 5.65 Å². The highest BCUT2D eigenvalue weighted by molar-refractivity contribution is 5.79. The molecular weight excluding hydrogens is 336 g/mol. The van der Waals surface area contributed by atoms with Gasteiger partial charge in [-0.3, -0.25) is 4.98 Å². The highest BCUT2D eigenvalue weighted by Crippen LogP contribution is 2.19. The van der Waals surface area contributed by atoms with Crippen LogP contribution in [0.25, 0.3) is 11.0 Å². The lowest BCUT2D eigenvalue weighted by Crippen LogP contribution is -2.12. The molecule has 1 N–H and O–H groups in total. The van der Waals surface area contributed by atoms with E-state index in [0.717, 1.165) is 42.1 Å². The normalized spacial score (nSPS) is 11.0. The summed E-state index contributed by atoms with van der Waals surface area (Å²) in [6.45, 7) is 0. The number of hydrogen-bond donors (Lipinski definition) is 1. The van der Waals surface area contributed by atoms with E-state index in [1.165, 1.54) is 16.5 Å². The van der Waals surface area contributed by atoms with E-state index in [0.29, 0.717) is 0 Å². The van der Waals surface area contributed by atoms with Crippen molar-refractivity contribution in [3.05, 3.63) is 77.6 Å². The molecule has 0 atom stereocenters. The summed E-state index contributed by atoms with van der Waals surface area (Å²) >= 11 is 0. The lowest BCUT2D eigenvalue weighted by atomic mass is 10.1. The maximum Gasteiger partial charge on any atom is 0.224 e. The molecule has 4 aromatic heterocycles. The smallest absolute Gasteiger partial charge is 0.224 e. The molecule has 0 aliphatic carbocycles. The molecule has 27 heavy (non-hydrogen) atoms. The second-order valence-electron chi connectivity index (χ2n) is 6.83. The summed E-state index contributed by atoms with van der Waals surface area (Å²) in [5.74, 6) is 0.730. The van der Waals surface area contributed by atoms with Crippen molar-refractivity contribution in [1.82, 2.24) is 24.9 Å². The minimum Gasteiger partial charge on any atom is -0.347 e. The van der Waals surface area contributed by atoms with Crippen LogP contribution in [0.3, 0.4) is 0 Å². The standard InChI is InChI=1S/C21H22N6/c1-27(2)21-25-12-16(13-26-21)6-8-18-7-5-15(11-23-18)10-17-14-24-20-19(17)4-3-9-22-20/h3-5,7,9,11-14H,6,8,10H2,1-2H3,(H,22,24). The van der Waals surface area contributed by atoms with Crippen LogP contribution in [0.2, 0.25) is 0 Å². The van der Waals surface area contributed by atoms with E-state index >= 15 is 0 Å².